The lowest BCUT2D eigenvalue weighted by molar-refractivity contribution is 0.228. The molecule has 1 atom stereocenters. The number of hydrogen-bond acceptors (Lipinski definition) is 1. The van der Waals surface area contributed by atoms with Crippen molar-refractivity contribution >= 4 is 0 Å². The molecule has 0 N–H and O–H groups in total. The highest BCUT2D eigenvalue weighted by atomic mass is 16.5. The summed E-state index contributed by atoms with van der Waals surface area (Å²) in [5.41, 5.74) is 2.77. The Hall–Kier alpha value is -0.980. The van der Waals surface area contributed by atoms with E-state index in [-0.39, 0.29) is 0 Å². The largest absolute Gasteiger partial charge is 0.490 e. The van der Waals surface area contributed by atoms with E-state index >= 15 is 0 Å². The third kappa shape index (κ3) is 1.09. The molecule has 0 amide bonds. The molecule has 12 heavy (non-hydrogen) atoms. The van der Waals surface area contributed by atoms with Crippen LogP contribution in [0.5, 0.6) is 5.75 Å². The fourth-order valence-corrected chi connectivity index (χ4v) is 1.72. The van der Waals surface area contributed by atoms with Crippen LogP contribution in [0.25, 0.3) is 0 Å². The quantitative estimate of drug-likeness (QED) is 0.617. The highest BCUT2D eigenvalue weighted by molar-refractivity contribution is 5.42. The van der Waals surface area contributed by atoms with Crippen LogP contribution in [-0.2, 0) is 6.42 Å². The summed E-state index contributed by atoms with van der Waals surface area (Å²) in [4.78, 5) is 0. The van der Waals surface area contributed by atoms with Gasteiger partial charge in [-0.3, -0.25) is 0 Å². The summed E-state index contributed by atoms with van der Waals surface area (Å²) in [5, 5.41) is 0. The molecule has 0 saturated carbocycles. The zero-order chi connectivity index (χ0) is 8.55. The van der Waals surface area contributed by atoms with Crippen molar-refractivity contribution in [1.29, 1.82) is 0 Å². The molecule has 1 heterocycles. The first kappa shape index (κ1) is 7.66. The molecule has 1 nitrogen and oxygen atoms in total. The molecular weight excluding hydrogens is 148 g/mol. The molecule has 0 spiro atoms. The Labute approximate surface area is 73.4 Å². The zero-order valence-electron chi connectivity index (χ0n) is 7.63. The lowest BCUT2D eigenvalue weighted by Gasteiger charge is -2.05. The SMILES string of the molecule is CCC1Cc2c(C)cccc2O1. The van der Waals surface area contributed by atoms with Crippen LogP contribution < -0.4 is 4.74 Å². The monoisotopic (exact) mass is 162 g/mol. The van der Waals surface area contributed by atoms with Gasteiger partial charge in [0.15, 0.2) is 0 Å². The maximum atomic E-state index is 5.74. The smallest absolute Gasteiger partial charge is 0.123 e. The van der Waals surface area contributed by atoms with Crippen LogP contribution in [0.2, 0.25) is 0 Å². The van der Waals surface area contributed by atoms with Crippen molar-refractivity contribution in [3.63, 3.8) is 0 Å². The highest BCUT2D eigenvalue weighted by Gasteiger charge is 2.21. The Morgan fingerprint density at radius 2 is 2.33 bits per heavy atom. The molecule has 0 saturated heterocycles. The van der Waals surface area contributed by atoms with Crippen LogP contribution in [-0.4, -0.2) is 6.10 Å². The van der Waals surface area contributed by atoms with E-state index in [1.54, 1.807) is 0 Å². The predicted octanol–water partition coefficient (Wildman–Crippen LogP) is 2.71. The van der Waals surface area contributed by atoms with E-state index in [0.717, 1.165) is 18.6 Å². The van der Waals surface area contributed by atoms with Crippen LogP contribution in [0, 0.1) is 6.92 Å². The fraction of sp³-hybridized carbons (Fsp3) is 0.455. The van der Waals surface area contributed by atoms with E-state index in [0.29, 0.717) is 6.10 Å². The van der Waals surface area contributed by atoms with Gasteiger partial charge < -0.3 is 4.74 Å². The van der Waals surface area contributed by atoms with E-state index < -0.39 is 0 Å². The van der Waals surface area contributed by atoms with Gasteiger partial charge >= 0.3 is 0 Å². The lowest BCUT2D eigenvalue weighted by atomic mass is 10.0. The minimum absolute atomic E-state index is 0.418. The van der Waals surface area contributed by atoms with Gasteiger partial charge in [-0.1, -0.05) is 19.1 Å². The summed E-state index contributed by atoms with van der Waals surface area (Å²) in [7, 11) is 0. The molecule has 1 aliphatic rings. The number of hydrogen-bond donors (Lipinski definition) is 0. The molecule has 64 valence electrons. The Balaban J connectivity index is 2.35. The van der Waals surface area contributed by atoms with E-state index in [9.17, 15) is 0 Å². The molecule has 0 aliphatic carbocycles. The molecular formula is C11H14O. The number of rotatable bonds is 1. The van der Waals surface area contributed by atoms with Crippen molar-refractivity contribution in [1.82, 2.24) is 0 Å². The minimum Gasteiger partial charge on any atom is -0.490 e. The number of aryl methyl sites for hydroxylation is 1. The number of fused-ring (bicyclic) bond motifs is 1. The summed E-state index contributed by atoms with van der Waals surface area (Å²) >= 11 is 0. The van der Waals surface area contributed by atoms with Crippen LogP contribution in [0.1, 0.15) is 24.5 Å². The second-order valence-electron chi connectivity index (χ2n) is 3.40. The average molecular weight is 162 g/mol. The van der Waals surface area contributed by atoms with Gasteiger partial charge in [-0.15, -0.1) is 0 Å². The van der Waals surface area contributed by atoms with E-state index in [2.05, 4.69) is 32.0 Å². The Bertz CT molecular complexity index is 291. The summed E-state index contributed by atoms with van der Waals surface area (Å²) in [6.45, 7) is 4.33. The Morgan fingerprint density at radius 1 is 1.50 bits per heavy atom. The molecule has 0 aromatic heterocycles. The van der Waals surface area contributed by atoms with Crippen molar-refractivity contribution in [2.24, 2.45) is 0 Å². The van der Waals surface area contributed by atoms with Crippen molar-refractivity contribution in [2.75, 3.05) is 0 Å². The van der Waals surface area contributed by atoms with E-state index in [4.69, 9.17) is 4.74 Å². The maximum absolute atomic E-state index is 5.74. The first-order chi connectivity index (χ1) is 5.81. The van der Waals surface area contributed by atoms with Gasteiger partial charge in [-0.2, -0.15) is 0 Å². The predicted molar refractivity (Wildman–Crippen MR) is 49.6 cm³/mol. The third-order valence-electron chi connectivity index (χ3n) is 2.55. The second-order valence-corrected chi connectivity index (χ2v) is 3.40. The summed E-state index contributed by atoms with van der Waals surface area (Å²) in [5.74, 6) is 1.10. The second kappa shape index (κ2) is 2.81. The van der Waals surface area contributed by atoms with Gasteiger partial charge in [0.2, 0.25) is 0 Å². The molecule has 0 radical (unpaired) electrons. The van der Waals surface area contributed by atoms with Crippen molar-refractivity contribution in [3.05, 3.63) is 29.3 Å². The summed E-state index contributed by atoms with van der Waals surface area (Å²) in [6.07, 6.45) is 2.62. The summed E-state index contributed by atoms with van der Waals surface area (Å²) in [6, 6.07) is 6.28. The third-order valence-corrected chi connectivity index (χ3v) is 2.55. The van der Waals surface area contributed by atoms with Crippen molar-refractivity contribution in [2.45, 2.75) is 32.8 Å². The number of ether oxygens (including phenoxy) is 1. The Morgan fingerprint density at radius 3 is 3.00 bits per heavy atom. The molecule has 0 bridgehead atoms. The first-order valence-electron chi connectivity index (χ1n) is 4.56. The molecule has 1 aromatic carbocycles. The normalized spacial score (nSPS) is 20.3. The Kier molecular flexibility index (Phi) is 1.80. The first-order valence-corrected chi connectivity index (χ1v) is 4.56. The van der Waals surface area contributed by atoms with Crippen LogP contribution in [0.3, 0.4) is 0 Å². The molecule has 1 aromatic rings. The standard InChI is InChI=1S/C11H14O/c1-3-9-7-10-8(2)5-4-6-11(10)12-9/h4-6,9H,3,7H2,1-2H3. The highest BCUT2D eigenvalue weighted by Crippen LogP contribution is 2.31. The van der Waals surface area contributed by atoms with Gasteiger partial charge in [0.1, 0.15) is 11.9 Å². The van der Waals surface area contributed by atoms with Crippen LogP contribution >= 0.6 is 0 Å². The molecule has 0 fully saturated rings. The van der Waals surface area contributed by atoms with E-state index in [1.165, 1.54) is 11.1 Å². The van der Waals surface area contributed by atoms with Gasteiger partial charge in [0, 0.05) is 12.0 Å². The lowest BCUT2D eigenvalue weighted by Crippen LogP contribution is -2.10. The van der Waals surface area contributed by atoms with Gasteiger partial charge in [-0.05, 0) is 25.0 Å². The topological polar surface area (TPSA) is 9.23 Å². The molecule has 1 aliphatic heterocycles. The zero-order valence-corrected chi connectivity index (χ0v) is 7.63. The summed E-state index contributed by atoms with van der Waals surface area (Å²) < 4.78 is 5.74. The maximum Gasteiger partial charge on any atom is 0.123 e. The average Bonchev–Trinajstić information content (AvgIpc) is 2.49. The van der Waals surface area contributed by atoms with Crippen molar-refractivity contribution in [3.8, 4) is 5.75 Å². The fourth-order valence-electron chi connectivity index (χ4n) is 1.72. The minimum atomic E-state index is 0.418. The van der Waals surface area contributed by atoms with Gasteiger partial charge in [0.25, 0.3) is 0 Å². The van der Waals surface area contributed by atoms with Gasteiger partial charge in [0.05, 0.1) is 0 Å². The molecule has 2 rings (SSSR count). The van der Waals surface area contributed by atoms with Crippen molar-refractivity contribution < 1.29 is 4.74 Å². The molecule has 1 unspecified atom stereocenters. The van der Waals surface area contributed by atoms with Gasteiger partial charge in [-0.25, -0.2) is 0 Å². The van der Waals surface area contributed by atoms with Crippen LogP contribution in [0.15, 0.2) is 18.2 Å². The molecule has 1 heteroatoms. The number of benzene rings is 1. The van der Waals surface area contributed by atoms with Crippen LogP contribution in [0.4, 0.5) is 0 Å². The van der Waals surface area contributed by atoms with E-state index in [1.807, 2.05) is 0 Å².